The molecular weight excluding hydrogens is 648 g/mol. The van der Waals surface area contributed by atoms with E-state index in [9.17, 15) is 0 Å². The topological polar surface area (TPSA) is 381 Å². The van der Waals surface area contributed by atoms with E-state index < -0.39 is 31.2 Å². The molecule has 22 heavy (non-hydrogen) atoms. The summed E-state index contributed by atoms with van der Waals surface area (Å²) in [7, 11) is -14.0. The van der Waals surface area contributed by atoms with E-state index in [2.05, 4.69) is 0 Å². The van der Waals surface area contributed by atoms with Gasteiger partial charge in [-0.05, 0) is 0 Å². The van der Waals surface area contributed by atoms with E-state index in [-0.39, 0.29) is 111 Å². The zero-order valence-corrected chi connectivity index (χ0v) is 18.6. The Labute approximate surface area is 191 Å². The van der Waals surface area contributed by atoms with E-state index in [1.165, 1.54) is 0 Å². The van der Waals surface area contributed by atoms with Gasteiger partial charge < -0.3 is 27.4 Å². The Kier molecular flexibility index (Phi) is 82.2. The van der Waals surface area contributed by atoms with Gasteiger partial charge in [-0.3, -0.25) is 27.3 Å². The van der Waals surface area contributed by atoms with Gasteiger partial charge in [0.2, 0.25) is 0 Å². The monoisotopic (exact) mass is 664 g/mol. The Balaban J connectivity index is -0.0000000106. The SMILES string of the molecule is O.O.O.O.O.O=S(=O)(O)O.O=S(=O)(O)O.O=S(=O)(O)O.[Ce].[Ce]. The first-order valence-electron chi connectivity index (χ1n) is 2.10. The molecule has 0 unspecified atom stereocenters. The minimum atomic E-state index is -4.67. The van der Waals surface area contributed by atoms with Crippen molar-refractivity contribution in [3.63, 3.8) is 0 Å². The van der Waals surface area contributed by atoms with E-state index in [1.807, 2.05) is 0 Å². The maximum absolute atomic E-state index is 8.74. The normalized spacial score (nSPS) is 7.91. The second-order valence-electron chi connectivity index (χ2n) is 1.34. The van der Waals surface area contributed by atoms with Crippen molar-refractivity contribution in [1.29, 1.82) is 0 Å². The van der Waals surface area contributed by atoms with Crippen LogP contribution in [0.4, 0.5) is 0 Å². The van der Waals surface area contributed by atoms with Crippen LogP contribution < -0.4 is 0 Å². The molecule has 0 bridgehead atoms. The van der Waals surface area contributed by atoms with E-state index in [0.29, 0.717) is 0 Å². The summed E-state index contributed by atoms with van der Waals surface area (Å²) in [5, 5.41) is 0. The molecule has 0 aromatic carbocycles. The summed E-state index contributed by atoms with van der Waals surface area (Å²) in [5.41, 5.74) is 0. The zero-order valence-electron chi connectivity index (χ0n) is 9.86. The van der Waals surface area contributed by atoms with Gasteiger partial charge in [-0.15, -0.1) is 0 Å². The van der Waals surface area contributed by atoms with Crippen LogP contribution in [0.15, 0.2) is 0 Å². The van der Waals surface area contributed by atoms with Crippen LogP contribution in [0.2, 0.25) is 0 Å². The molecule has 16 N–H and O–H groups in total. The van der Waals surface area contributed by atoms with E-state index in [4.69, 9.17) is 52.6 Å². The smallest absolute Gasteiger partial charge is 0.394 e. The van der Waals surface area contributed by atoms with Crippen LogP contribution >= 0.6 is 0 Å². The molecule has 0 atom stereocenters. The molecule has 0 aliphatic heterocycles. The quantitative estimate of drug-likeness (QED) is 0.132. The van der Waals surface area contributed by atoms with Crippen LogP contribution in [-0.2, 0) is 31.2 Å². The maximum Gasteiger partial charge on any atom is 0.394 e. The van der Waals surface area contributed by atoms with Crippen LogP contribution in [0, 0.1) is 83.5 Å². The van der Waals surface area contributed by atoms with Gasteiger partial charge in [0.1, 0.15) is 0 Å². The van der Waals surface area contributed by atoms with Gasteiger partial charge >= 0.3 is 31.2 Å². The summed E-state index contributed by atoms with van der Waals surface area (Å²) >= 11 is 0. The molecule has 17 nitrogen and oxygen atoms in total. The molecule has 0 aliphatic carbocycles. The summed E-state index contributed by atoms with van der Waals surface area (Å²) in [6.07, 6.45) is 0. The third-order valence-electron chi connectivity index (χ3n) is 0. The number of rotatable bonds is 0. The van der Waals surface area contributed by atoms with Gasteiger partial charge in [-0.25, -0.2) is 0 Å². The fourth-order valence-electron chi connectivity index (χ4n) is 0. The predicted octanol–water partition coefficient (Wildman–Crippen LogP) is -6.08. The molecule has 22 heteroatoms. The van der Waals surface area contributed by atoms with Gasteiger partial charge in [0, 0.05) is 83.5 Å². The van der Waals surface area contributed by atoms with E-state index in [0.717, 1.165) is 0 Å². The van der Waals surface area contributed by atoms with Gasteiger partial charge in [0.15, 0.2) is 0 Å². The Morgan fingerprint density at radius 1 is 0.364 bits per heavy atom. The fraction of sp³-hybridized carbons (Fsp3) is 0. The summed E-state index contributed by atoms with van der Waals surface area (Å²) in [6, 6.07) is 0. The summed E-state index contributed by atoms with van der Waals surface area (Å²) in [6.45, 7) is 0. The zero-order chi connectivity index (χ0) is 13.5. The van der Waals surface area contributed by atoms with E-state index in [1.54, 1.807) is 0 Å². The third-order valence-corrected chi connectivity index (χ3v) is 0. The summed E-state index contributed by atoms with van der Waals surface area (Å²) < 4.78 is 94.8. The maximum atomic E-state index is 8.74. The molecule has 0 heterocycles. The van der Waals surface area contributed by atoms with Crippen LogP contribution in [0.1, 0.15) is 0 Å². The molecule has 0 aliphatic rings. The van der Waals surface area contributed by atoms with Gasteiger partial charge in [-0.2, -0.15) is 25.3 Å². The van der Waals surface area contributed by atoms with Crippen molar-refractivity contribution in [1.82, 2.24) is 0 Å². The Morgan fingerprint density at radius 2 is 0.364 bits per heavy atom. The molecule has 0 spiro atoms. The number of hydrogen-bond acceptors (Lipinski definition) is 6. The summed E-state index contributed by atoms with van der Waals surface area (Å²) in [5.74, 6) is 0. The third kappa shape index (κ3) is 2120. The minimum absolute atomic E-state index is 0. The van der Waals surface area contributed by atoms with Gasteiger partial charge in [-0.1, -0.05) is 0 Å². The Morgan fingerprint density at radius 3 is 0.364 bits per heavy atom. The van der Waals surface area contributed by atoms with Gasteiger partial charge in [0.05, 0.1) is 0 Å². The average molecular weight is 665 g/mol. The molecule has 144 valence electrons. The molecule has 0 radical (unpaired) electrons. The molecule has 0 fully saturated rings. The van der Waals surface area contributed by atoms with Crippen LogP contribution in [0.25, 0.3) is 0 Å². The van der Waals surface area contributed by atoms with Crippen molar-refractivity contribution in [2.75, 3.05) is 0 Å². The summed E-state index contributed by atoms with van der Waals surface area (Å²) in [4.78, 5) is 0. The van der Waals surface area contributed by atoms with Gasteiger partial charge in [0.25, 0.3) is 0 Å². The fourth-order valence-corrected chi connectivity index (χ4v) is 0. The molecular formula is H16Ce2O17S3. The van der Waals surface area contributed by atoms with Crippen LogP contribution in [-0.4, -0.2) is 80.0 Å². The molecule has 0 rings (SSSR count). The first-order valence-corrected chi connectivity index (χ1v) is 6.29. The van der Waals surface area contributed by atoms with Crippen LogP contribution in [0.5, 0.6) is 0 Å². The second-order valence-corrected chi connectivity index (χ2v) is 4.03. The number of hydrogen-bond donors (Lipinski definition) is 6. The molecule has 0 saturated heterocycles. The standard InChI is InChI=1S/2Ce.3H2O4S.5H2O/c;;3*1-5(2,3)4;;;;;/h;;3*(H2,1,2,3,4);5*1H2. The molecule has 0 aromatic heterocycles. The van der Waals surface area contributed by atoms with Crippen molar-refractivity contribution < 1.29 is 163 Å². The first-order chi connectivity index (χ1) is 6.00. The second kappa shape index (κ2) is 28.0. The largest absolute Gasteiger partial charge is 0.412 e. The first kappa shape index (κ1) is 64.6. The van der Waals surface area contributed by atoms with E-state index >= 15 is 0 Å². The molecule has 0 amide bonds. The van der Waals surface area contributed by atoms with Crippen molar-refractivity contribution in [3.8, 4) is 0 Å². The predicted molar refractivity (Wildman–Crippen MR) is 60.6 cm³/mol. The van der Waals surface area contributed by atoms with Crippen molar-refractivity contribution in [3.05, 3.63) is 0 Å². The van der Waals surface area contributed by atoms with Crippen molar-refractivity contribution in [2.24, 2.45) is 0 Å². The molecule has 0 aromatic rings. The Bertz CT molecular complexity index is 343. The van der Waals surface area contributed by atoms with Crippen LogP contribution in [0.3, 0.4) is 0 Å². The molecule has 0 saturated carbocycles. The Hall–Kier alpha value is 2.16. The average Bonchev–Trinajstić information content (AvgIpc) is 1.41. The van der Waals surface area contributed by atoms with Crippen molar-refractivity contribution in [2.45, 2.75) is 0 Å². The minimum Gasteiger partial charge on any atom is -0.412 e. The van der Waals surface area contributed by atoms with Crippen molar-refractivity contribution >= 4 is 31.2 Å².